The Hall–Kier alpha value is -0.280. The highest BCUT2D eigenvalue weighted by Crippen LogP contribution is 2.11. The van der Waals surface area contributed by atoms with Gasteiger partial charge in [-0.05, 0) is 26.9 Å². The predicted molar refractivity (Wildman–Crippen MR) is 44.2 cm³/mol. The van der Waals surface area contributed by atoms with E-state index in [1.807, 2.05) is 0 Å². The standard InChI is InChI=1S/C5H11N.CH3NO.ClH/c1-5-3-4-6(5)2;2-1-3;/h5H,3-4H2,1-2H3;1H,(H2,2,3);1H. The number of primary amides is 1. The highest BCUT2D eigenvalue weighted by atomic mass is 35.5. The van der Waals surface area contributed by atoms with Crippen LogP contribution < -0.4 is 5.73 Å². The van der Waals surface area contributed by atoms with Crippen molar-refractivity contribution in [2.24, 2.45) is 5.73 Å². The second-order valence-corrected chi connectivity index (χ2v) is 2.25. The van der Waals surface area contributed by atoms with Crippen LogP contribution in [-0.2, 0) is 4.79 Å². The Morgan fingerprint density at radius 2 is 2.00 bits per heavy atom. The molecule has 0 spiro atoms. The van der Waals surface area contributed by atoms with Crippen molar-refractivity contribution in [1.82, 2.24) is 4.90 Å². The Balaban J connectivity index is 0. The van der Waals surface area contributed by atoms with Gasteiger partial charge in [-0.3, -0.25) is 4.79 Å². The summed E-state index contributed by atoms with van der Waals surface area (Å²) in [6.45, 7) is 3.56. The Bertz CT molecular complexity index is 81.8. The fourth-order valence-electron chi connectivity index (χ4n) is 0.645. The Morgan fingerprint density at radius 1 is 1.70 bits per heavy atom. The zero-order valence-electron chi connectivity index (χ0n) is 6.41. The van der Waals surface area contributed by atoms with E-state index in [4.69, 9.17) is 4.79 Å². The molecule has 0 bridgehead atoms. The van der Waals surface area contributed by atoms with Crippen molar-refractivity contribution in [3.63, 3.8) is 0 Å². The first-order valence-corrected chi connectivity index (χ1v) is 3.08. The van der Waals surface area contributed by atoms with Crippen molar-refractivity contribution < 1.29 is 4.79 Å². The van der Waals surface area contributed by atoms with Crippen LogP contribution in [0.3, 0.4) is 0 Å². The summed E-state index contributed by atoms with van der Waals surface area (Å²) in [5, 5.41) is 0. The third kappa shape index (κ3) is 4.58. The van der Waals surface area contributed by atoms with Gasteiger partial charge in [0.05, 0.1) is 0 Å². The molecule has 62 valence electrons. The summed E-state index contributed by atoms with van der Waals surface area (Å²) in [6.07, 6.45) is 1.65. The van der Waals surface area contributed by atoms with Crippen molar-refractivity contribution in [2.75, 3.05) is 13.6 Å². The van der Waals surface area contributed by atoms with Gasteiger partial charge >= 0.3 is 0 Å². The maximum absolute atomic E-state index is 8.58. The van der Waals surface area contributed by atoms with Crippen molar-refractivity contribution in [3.05, 3.63) is 0 Å². The van der Waals surface area contributed by atoms with Crippen LogP contribution in [0.5, 0.6) is 0 Å². The maximum Gasteiger partial charge on any atom is 0.204 e. The zero-order valence-corrected chi connectivity index (χ0v) is 7.23. The smallest absolute Gasteiger partial charge is 0.204 e. The summed E-state index contributed by atoms with van der Waals surface area (Å²) in [6, 6.07) is 0.866. The third-order valence-corrected chi connectivity index (χ3v) is 1.65. The SMILES string of the molecule is CC1CCN1C.Cl.NC=O. The molecule has 2 N–H and O–H groups in total. The van der Waals surface area contributed by atoms with E-state index in [1.165, 1.54) is 13.0 Å². The molecule has 0 aliphatic carbocycles. The summed E-state index contributed by atoms with van der Waals surface area (Å²) >= 11 is 0. The number of carbonyl (C=O) groups excluding carboxylic acids is 1. The van der Waals surface area contributed by atoms with Gasteiger partial charge in [-0.15, -0.1) is 12.4 Å². The van der Waals surface area contributed by atoms with E-state index in [2.05, 4.69) is 24.6 Å². The molecule has 1 fully saturated rings. The van der Waals surface area contributed by atoms with Gasteiger partial charge in [-0.1, -0.05) is 0 Å². The fraction of sp³-hybridized carbons (Fsp3) is 0.833. The number of amides is 1. The molecule has 10 heavy (non-hydrogen) atoms. The molecular weight excluding hydrogens is 152 g/mol. The van der Waals surface area contributed by atoms with Crippen LogP contribution in [0.1, 0.15) is 13.3 Å². The quantitative estimate of drug-likeness (QED) is 0.524. The number of nitrogens with two attached hydrogens (primary N) is 1. The van der Waals surface area contributed by atoms with E-state index in [0.29, 0.717) is 0 Å². The minimum Gasteiger partial charge on any atom is -0.372 e. The molecule has 1 rings (SSSR count). The number of halogens is 1. The summed E-state index contributed by atoms with van der Waals surface area (Å²) in [5.74, 6) is 0. The highest BCUT2D eigenvalue weighted by Gasteiger charge is 2.17. The molecule has 0 radical (unpaired) electrons. The van der Waals surface area contributed by atoms with Crippen LogP contribution in [-0.4, -0.2) is 30.9 Å². The third-order valence-electron chi connectivity index (χ3n) is 1.65. The van der Waals surface area contributed by atoms with Crippen LogP contribution in [0.15, 0.2) is 0 Å². The van der Waals surface area contributed by atoms with E-state index >= 15 is 0 Å². The van der Waals surface area contributed by atoms with E-state index in [0.717, 1.165) is 6.04 Å². The van der Waals surface area contributed by atoms with E-state index < -0.39 is 0 Å². The van der Waals surface area contributed by atoms with Gasteiger partial charge in [-0.2, -0.15) is 0 Å². The number of hydrogen-bond acceptors (Lipinski definition) is 2. The van der Waals surface area contributed by atoms with Gasteiger partial charge in [0.1, 0.15) is 0 Å². The molecule has 0 saturated carbocycles. The van der Waals surface area contributed by atoms with Crippen LogP contribution >= 0.6 is 12.4 Å². The molecule has 1 aliphatic rings. The Morgan fingerprint density at radius 3 is 2.00 bits per heavy atom. The number of likely N-dealkylation sites (tertiary alicyclic amines) is 1. The molecule has 0 aromatic rings. The molecule has 1 unspecified atom stereocenters. The molecule has 1 saturated heterocycles. The average Bonchev–Trinajstić information content (AvgIpc) is 1.86. The van der Waals surface area contributed by atoms with Crippen LogP contribution in [0, 0.1) is 0 Å². The minimum atomic E-state index is 0. The monoisotopic (exact) mass is 166 g/mol. The summed E-state index contributed by atoms with van der Waals surface area (Å²) < 4.78 is 0. The van der Waals surface area contributed by atoms with Gasteiger partial charge in [0, 0.05) is 6.04 Å². The van der Waals surface area contributed by atoms with Crippen molar-refractivity contribution >= 4 is 18.8 Å². The number of rotatable bonds is 0. The van der Waals surface area contributed by atoms with Gasteiger partial charge in [-0.25, -0.2) is 0 Å². The molecule has 1 atom stereocenters. The second-order valence-electron chi connectivity index (χ2n) is 2.25. The molecule has 3 nitrogen and oxygen atoms in total. The first kappa shape index (κ1) is 12.4. The minimum absolute atomic E-state index is 0. The van der Waals surface area contributed by atoms with Crippen molar-refractivity contribution in [2.45, 2.75) is 19.4 Å². The number of hydrogen-bond donors (Lipinski definition) is 1. The van der Waals surface area contributed by atoms with E-state index in [1.54, 1.807) is 0 Å². The number of nitrogens with zero attached hydrogens (tertiary/aromatic N) is 1. The maximum atomic E-state index is 8.58. The van der Waals surface area contributed by atoms with Gasteiger partial charge < -0.3 is 10.6 Å². The lowest BCUT2D eigenvalue weighted by atomic mass is 10.1. The topological polar surface area (TPSA) is 46.3 Å². The Kier molecular flexibility index (Phi) is 8.48. The molecule has 1 heterocycles. The average molecular weight is 167 g/mol. The lowest BCUT2D eigenvalue weighted by Gasteiger charge is -2.34. The van der Waals surface area contributed by atoms with Crippen molar-refractivity contribution in [1.29, 1.82) is 0 Å². The molecule has 1 amide bonds. The van der Waals surface area contributed by atoms with Crippen LogP contribution in [0.25, 0.3) is 0 Å². The zero-order chi connectivity index (χ0) is 7.28. The van der Waals surface area contributed by atoms with Gasteiger partial charge in [0.15, 0.2) is 0 Å². The first-order valence-electron chi connectivity index (χ1n) is 3.08. The molecule has 1 aliphatic heterocycles. The van der Waals surface area contributed by atoms with Gasteiger partial charge in [0.25, 0.3) is 0 Å². The Labute approximate surface area is 68.0 Å². The second kappa shape index (κ2) is 6.83. The van der Waals surface area contributed by atoms with E-state index in [-0.39, 0.29) is 18.8 Å². The van der Waals surface area contributed by atoms with E-state index in [9.17, 15) is 0 Å². The summed E-state index contributed by atoms with van der Waals surface area (Å²) in [7, 11) is 2.16. The lowest BCUT2D eigenvalue weighted by Crippen LogP contribution is -2.41. The summed E-state index contributed by atoms with van der Waals surface area (Å²) in [5.41, 5.74) is 4.17. The molecule has 0 aromatic carbocycles. The molecule has 0 aromatic heterocycles. The fourth-order valence-corrected chi connectivity index (χ4v) is 0.645. The largest absolute Gasteiger partial charge is 0.372 e. The number of carbonyl (C=O) groups is 1. The van der Waals surface area contributed by atoms with Crippen molar-refractivity contribution in [3.8, 4) is 0 Å². The normalized spacial score (nSPS) is 22.8. The van der Waals surface area contributed by atoms with Crippen LogP contribution in [0.2, 0.25) is 0 Å². The predicted octanol–water partition coefficient (Wildman–Crippen LogP) is 0.234. The van der Waals surface area contributed by atoms with Crippen LogP contribution in [0.4, 0.5) is 0 Å². The summed E-state index contributed by atoms with van der Waals surface area (Å²) in [4.78, 5) is 10.9. The lowest BCUT2D eigenvalue weighted by molar-refractivity contribution is -0.106. The highest BCUT2D eigenvalue weighted by molar-refractivity contribution is 5.85. The molecule has 4 heteroatoms. The molecular formula is C6H15ClN2O. The van der Waals surface area contributed by atoms with Gasteiger partial charge in [0.2, 0.25) is 6.41 Å². The first-order chi connectivity index (χ1) is 4.22.